The van der Waals surface area contributed by atoms with Gasteiger partial charge in [0.1, 0.15) is 0 Å². The summed E-state index contributed by atoms with van der Waals surface area (Å²) in [6.07, 6.45) is 9.71. The van der Waals surface area contributed by atoms with Gasteiger partial charge < -0.3 is 4.42 Å². The Labute approximate surface area is 54.7 Å². The maximum atomic E-state index is 4.94. The van der Waals surface area contributed by atoms with Crippen molar-refractivity contribution >= 4 is 0 Å². The third kappa shape index (κ3) is 0.766. The second-order valence-corrected chi connectivity index (χ2v) is 2.55. The molecule has 0 unspecified atom stereocenters. The van der Waals surface area contributed by atoms with E-state index < -0.39 is 0 Å². The van der Waals surface area contributed by atoms with Gasteiger partial charge in [-0.1, -0.05) is 0 Å². The molecule has 1 aromatic rings. The highest BCUT2D eigenvalue weighted by Gasteiger charge is 2.10. The Kier molecular flexibility index (Phi) is 1.08. The lowest BCUT2D eigenvalue weighted by Gasteiger charge is -2.06. The molecule has 0 N–H and O–H groups in total. The zero-order chi connectivity index (χ0) is 6.10. The normalized spacial score (nSPS) is 17.3. The highest BCUT2D eigenvalue weighted by atomic mass is 16.3. The van der Waals surface area contributed by atoms with Crippen molar-refractivity contribution in [2.24, 2.45) is 0 Å². The van der Waals surface area contributed by atoms with Crippen LogP contribution in [0.15, 0.2) is 10.7 Å². The van der Waals surface area contributed by atoms with Crippen molar-refractivity contribution < 1.29 is 4.42 Å². The molecular weight excluding hydrogens is 112 g/mol. The average Bonchev–Trinajstić information content (AvgIpc) is 2.33. The van der Waals surface area contributed by atoms with E-state index in [0.717, 1.165) is 0 Å². The van der Waals surface area contributed by atoms with Gasteiger partial charge in [-0.15, -0.1) is 0 Å². The molecule has 0 fully saturated rings. The lowest BCUT2D eigenvalue weighted by atomic mass is 9.96. The largest absolute Gasteiger partial charge is 0.460 e. The molecule has 47 valence electrons. The number of hydrogen-bond acceptors (Lipinski definition) is 1. The molecule has 1 nitrogen and oxygen atoms in total. The standard InChI is InChI=1S/C8H9O/c1-2-4-8-6-9-5-7(8)3-1/h5H,1-4H2. The van der Waals surface area contributed by atoms with E-state index in [2.05, 4.69) is 6.26 Å². The molecule has 2 rings (SSSR count). The van der Waals surface area contributed by atoms with Crippen LogP contribution in [0.4, 0.5) is 0 Å². The second-order valence-electron chi connectivity index (χ2n) is 2.55. The van der Waals surface area contributed by atoms with E-state index in [4.69, 9.17) is 4.42 Å². The first-order valence-electron chi connectivity index (χ1n) is 3.44. The molecule has 1 aliphatic rings. The van der Waals surface area contributed by atoms with Gasteiger partial charge in [-0.05, 0) is 31.2 Å². The first-order valence-corrected chi connectivity index (χ1v) is 3.44. The van der Waals surface area contributed by atoms with Crippen LogP contribution < -0.4 is 0 Å². The van der Waals surface area contributed by atoms with Crippen molar-refractivity contribution in [2.45, 2.75) is 25.7 Å². The lowest BCUT2D eigenvalue weighted by Crippen LogP contribution is -1.97. The average molecular weight is 121 g/mol. The quantitative estimate of drug-likeness (QED) is 0.511. The Morgan fingerprint density at radius 2 is 2.22 bits per heavy atom. The maximum Gasteiger partial charge on any atom is 0.172 e. The zero-order valence-corrected chi connectivity index (χ0v) is 5.31. The number of fused-ring (bicyclic) bond motifs is 1. The van der Waals surface area contributed by atoms with Crippen LogP contribution in [0.2, 0.25) is 0 Å². The van der Waals surface area contributed by atoms with Gasteiger partial charge in [0.25, 0.3) is 0 Å². The molecule has 0 saturated heterocycles. The lowest BCUT2D eigenvalue weighted by molar-refractivity contribution is 0.553. The van der Waals surface area contributed by atoms with Crippen molar-refractivity contribution in [3.05, 3.63) is 23.7 Å². The van der Waals surface area contributed by atoms with E-state index in [0.29, 0.717) is 0 Å². The fraction of sp³-hybridized carbons (Fsp3) is 0.500. The summed E-state index contributed by atoms with van der Waals surface area (Å²) < 4.78 is 4.94. The molecule has 0 aliphatic heterocycles. The summed E-state index contributed by atoms with van der Waals surface area (Å²) in [6.45, 7) is 0. The van der Waals surface area contributed by atoms with E-state index in [1.807, 2.05) is 6.26 Å². The topological polar surface area (TPSA) is 13.1 Å². The van der Waals surface area contributed by atoms with E-state index in [1.165, 1.54) is 36.8 Å². The minimum atomic E-state index is 1.17. The Bertz CT molecular complexity index is 180. The summed E-state index contributed by atoms with van der Waals surface area (Å²) in [6, 6.07) is 0. The van der Waals surface area contributed by atoms with Crippen molar-refractivity contribution in [1.29, 1.82) is 0 Å². The van der Waals surface area contributed by atoms with Crippen molar-refractivity contribution in [3.8, 4) is 0 Å². The molecule has 0 bridgehead atoms. The van der Waals surface area contributed by atoms with Crippen LogP contribution in [0.1, 0.15) is 24.0 Å². The van der Waals surface area contributed by atoms with Crippen molar-refractivity contribution in [3.63, 3.8) is 0 Å². The number of aryl methyl sites for hydroxylation is 2. The van der Waals surface area contributed by atoms with E-state index in [1.54, 1.807) is 0 Å². The molecule has 0 saturated carbocycles. The molecule has 0 atom stereocenters. The molecule has 0 aromatic carbocycles. The van der Waals surface area contributed by atoms with Gasteiger partial charge in [-0.2, -0.15) is 0 Å². The first-order chi connectivity index (χ1) is 4.47. The van der Waals surface area contributed by atoms with Gasteiger partial charge in [0.15, 0.2) is 6.26 Å². The predicted molar refractivity (Wildman–Crippen MR) is 34.2 cm³/mol. The van der Waals surface area contributed by atoms with E-state index >= 15 is 0 Å². The van der Waals surface area contributed by atoms with Crippen LogP contribution in [0.3, 0.4) is 0 Å². The maximum absolute atomic E-state index is 4.94. The number of hydrogen-bond donors (Lipinski definition) is 0. The Morgan fingerprint density at radius 1 is 1.33 bits per heavy atom. The molecule has 1 aromatic heterocycles. The minimum Gasteiger partial charge on any atom is -0.460 e. The monoisotopic (exact) mass is 121 g/mol. The summed E-state index contributed by atoms with van der Waals surface area (Å²) in [4.78, 5) is 0. The SMILES string of the molecule is [c]1occ2c1CCCC2. The summed E-state index contributed by atoms with van der Waals surface area (Å²) in [5.41, 5.74) is 2.68. The first kappa shape index (κ1) is 5.10. The molecular formula is C8H9O. The molecule has 1 radical (unpaired) electrons. The van der Waals surface area contributed by atoms with Gasteiger partial charge in [0.2, 0.25) is 0 Å². The number of rotatable bonds is 0. The van der Waals surface area contributed by atoms with E-state index in [9.17, 15) is 0 Å². The fourth-order valence-electron chi connectivity index (χ4n) is 1.35. The molecule has 1 heterocycles. The molecule has 1 heteroatoms. The van der Waals surface area contributed by atoms with Crippen LogP contribution >= 0.6 is 0 Å². The predicted octanol–water partition coefficient (Wildman–Crippen LogP) is 1.96. The van der Waals surface area contributed by atoms with Crippen LogP contribution in [-0.2, 0) is 12.8 Å². The van der Waals surface area contributed by atoms with Gasteiger partial charge in [-0.25, -0.2) is 0 Å². The van der Waals surface area contributed by atoms with Gasteiger partial charge in [0.05, 0.1) is 6.26 Å². The summed E-state index contributed by atoms with van der Waals surface area (Å²) in [7, 11) is 0. The van der Waals surface area contributed by atoms with E-state index in [-0.39, 0.29) is 0 Å². The zero-order valence-electron chi connectivity index (χ0n) is 5.31. The number of furan rings is 1. The van der Waals surface area contributed by atoms with Crippen LogP contribution in [0.5, 0.6) is 0 Å². The third-order valence-electron chi connectivity index (χ3n) is 1.89. The highest BCUT2D eigenvalue weighted by Crippen LogP contribution is 2.20. The Morgan fingerprint density at radius 3 is 3.11 bits per heavy atom. The minimum absolute atomic E-state index is 1.17. The van der Waals surface area contributed by atoms with Gasteiger partial charge in [0, 0.05) is 5.56 Å². The van der Waals surface area contributed by atoms with Crippen LogP contribution in [-0.4, -0.2) is 0 Å². The van der Waals surface area contributed by atoms with Crippen molar-refractivity contribution in [1.82, 2.24) is 0 Å². The molecule has 9 heavy (non-hydrogen) atoms. The molecule has 0 amide bonds. The Hall–Kier alpha value is -0.720. The second kappa shape index (κ2) is 1.90. The van der Waals surface area contributed by atoms with Crippen LogP contribution in [0.25, 0.3) is 0 Å². The van der Waals surface area contributed by atoms with Crippen molar-refractivity contribution in [2.75, 3.05) is 0 Å². The molecule has 0 spiro atoms. The molecule has 1 aliphatic carbocycles. The van der Waals surface area contributed by atoms with Crippen LogP contribution in [0, 0.1) is 6.26 Å². The highest BCUT2D eigenvalue weighted by molar-refractivity contribution is 5.22. The van der Waals surface area contributed by atoms with Gasteiger partial charge >= 0.3 is 0 Å². The summed E-state index contributed by atoms with van der Waals surface area (Å²) in [5.74, 6) is 0. The summed E-state index contributed by atoms with van der Waals surface area (Å²) in [5, 5.41) is 0. The Balaban J connectivity index is 2.39. The van der Waals surface area contributed by atoms with Gasteiger partial charge in [-0.3, -0.25) is 0 Å². The smallest absolute Gasteiger partial charge is 0.172 e. The summed E-state index contributed by atoms with van der Waals surface area (Å²) >= 11 is 0. The fourth-order valence-corrected chi connectivity index (χ4v) is 1.35. The third-order valence-corrected chi connectivity index (χ3v) is 1.89.